The highest BCUT2D eigenvalue weighted by atomic mass is 28.3. The molecular weight excluding hydrogens is 396 g/mol. The largest absolute Gasteiger partial charge is 0.361 e. The first-order valence-electron chi connectivity index (χ1n) is 11.2. The van der Waals surface area contributed by atoms with Crippen molar-refractivity contribution < 1.29 is 4.74 Å². The molecular formula is C27H34N2OSi. The molecule has 31 heavy (non-hydrogen) atoms. The molecule has 0 N–H and O–H groups in total. The summed E-state index contributed by atoms with van der Waals surface area (Å²) in [6.45, 7) is 15.3. The third-order valence-electron chi connectivity index (χ3n) is 5.96. The Morgan fingerprint density at radius 1 is 0.903 bits per heavy atom. The smallest absolute Gasteiger partial charge is 0.123 e. The number of hydrogen-bond donors (Lipinski definition) is 0. The molecule has 0 aliphatic rings. The lowest BCUT2D eigenvalue weighted by Crippen LogP contribution is -2.22. The molecule has 0 amide bonds. The summed E-state index contributed by atoms with van der Waals surface area (Å²) in [6.07, 6.45) is 3.97. The number of para-hydroxylation sites is 1. The highest BCUT2D eigenvalue weighted by Crippen LogP contribution is 2.36. The van der Waals surface area contributed by atoms with Crippen molar-refractivity contribution >= 4 is 29.9 Å². The third kappa shape index (κ3) is 4.60. The first-order valence-corrected chi connectivity index (χ1v) is 14.9. The van der Waals surface area contributed by atoms with Gasteiger partial charge in [-0.15, -0.1) is 0 Å². The summed E-state index contributed by atoms with van der Waals surface area (Å²) in [5.74, 6) is 0. The van der Waals surface area contributed by atoms with Crippen LogP contribution in [0.4, 0.5) is 0 Å². The monoisotopic (exact) mass is 430 g/mol. The number of fused-ring (bicyclic) bond motifs is 3. The van der Waals surface area contributed by atoms with Crippen molar-refractivity contribution in [3.63, 3.8) is 0 Å². The minimum absolute atomic E-state index is 0.145. The summed E-state index contributed by atoms with van der Waals surface area (Å²) in [4.78, 5) is 4.61. The van der Waals surface area contributed by atoms with Crippen LogP contribution in [-0.4, -0.2) is 24.2 Å². The summed E-state index contributed by atoms with van der Waals surface area (Å²) >= 11 is 0. The Hall–Kier alpha value is -2.43. The number of ether oxygens (including phenoxy) is 1. The molecule has 2 aromatic heterocycles. The van der Waals surface area contributed by atoms with Crippen molar-refractivity contribution in [2.24, 2.45) is 0 Å². The van der Waals surface area contributed by atoms with Gasteiger partial charge in [-0.25, -0.2) is 0 Å². The van der Waals surface area contributed by atoms with Gasteiger partial charge in [0, 0.05) is 37.2 Å². The number of hydrogen-bond acceptors (Lipinski definition) is 2. The average Bonchev–Trinajstić information content (AvgIpc) is 3.04. The van der Waals surface area contributed by atoms with E-state index in [2.05, 4.69) is 98.5 Å². The van der Waals surface area contributed by atoms with Gasteiger partial charge in [0.25, 0.3) is 0 Å². The minimum Gasteiger partial charge on any atom is -0.361 e. The van der Waals surface area contributed by atoms with Gasteiger partial charge in [0.05, 0.1) is 17.2 Å². The van der Waals surface area contributed by atoms with Crippen molar-refractivity contribution in [2.75, 3.05) is 6.61 Å². The summed E-state index contributed by atoms with van der Waals surface area (Å²) < 4.78 is 8.41. The van der Waals surface area contributed by atoms with E-state index in [-0.39, 0.29) is 5.41 Å². The minimum atomic E-state index is -1.10. The summed E-state index contributed by atoms with van der Waals surface area (Å²) in [5.41, 5.74) is 6.20. The summed E-state index contributed by atoms with van der Waals surface area (Å²) in [7, 11) is -1.10. The molecule has 0 fully saturated rings. The second kappa shape index (κ2) is 8.25. The van der Waals surface area contributed by atoms with Gasteiger partial charge in [0.1, 0.15) is 6.73 Å². The Kier molecular flexibility index (Phi) is 5.80. The SMILES string of the molecule is CC(C)(C)c1ccc(-c2cncc3c2c2ccccc2n3COCC[Si](C)(C)C)cc1. The quantitative estimate of drug-likeness (QED) is 0.234. The van der Waals surface area contributed by atoms with Crippen LogP contribution in [-0.2, 0) is 16.9 Å². The number of nitrogens with zero attached hydrogens (tertiary/aromatic N) is 2. The Morgan fingerprint density at radius 2 is 1.61 bits per heavy atom. The maximum atomic E-state index is 6.14. The van der Waals surface area contributed by atoms with E-state index in [0.717, 1.165) is 12.1 Å². The molecule has 162 valence electrons. The lowest BCUT2D eigenvalue weighted by atomic mass is 9.86. The Morgan fingerprint density at radius 3 is 2.29 bits per heavy atom. The van der Waals surface area contributed by atoms with Gasteiger partial charge in [-0.05, 0) is 28.7 Å². The molecule has 2 aromatic carbocycles. The van der Waals surface area contributed by atoms with Gasteiger partial charge in [-0.1, -0.05) is 82.9 Å². The Labute approximate surface area is 187 Å². The molecule has 0 unspecified atom stereocenters. The fourth-order valence-electron chi connectivity index (χ4n) is 4.03. The molecule has 0 bridgehead atoms. The zero-order chi connectivity index (χ0) is 22.2. The predicted molar refractivity (Wildman–Crippen MR) is 135 cm³/mol. The molecule has 4 heteroatoms. The number of pyridine rings is 1. The van der Waals surface area contributed by atoms with Crippen LogP contribution in [0.3, 0.4) is 0 Å². The van der Waals surface area contributed by atoms with Crippen molar-refractivity contribution in [2.45, 2.75) is 58.6 Å². The molecule has 4 rings (SSSR count). The standard InChI is InChI=1S/C27H34N2OSi/c1-27(2,3)21-13-11-20(12-14-21)23-17-28-18-25-26(23)22-9-7-8-10-24(22)29(25)19-30-15-16-31(4,5)6/h7-14,17-18H,15-16,19H2,1-6H3. The van der Waals surface area contributed by atoms with Gasteiger partial charge in [-0.2, -0.15) is 0 Å². The maximum Gasteiger partial charge on any atom is 0.123 e. The summed E-state index contributed by atoms with van der Waals surface area (Å²) in [6, 6.07) is 18.7. The highest BCUT2D eigenvalue weighted by Gasteiger charge is 2.18. The molecule has 0 spiro atoms. The van der Waals surface area contributed by atoms with E-state index in [4.69, 9.17) is 4.74 Å². The van der Waals surface area contributed by atoms with E-state index in [1.807, 2.05) is 12.4 Å². The second-order valence-corrected chi connectivity index (χ2v) is 16.3. The van der Waals surface area contributed by atoms with Gasteiger partial charge in [-0.3, -0.25) is 4.98 Å². The molecule has 2 heterocycles. The first kappa shape index (κ1) is 21.8. The maximum absolute atomic E-state index is 6.14. The van der Waals surface area contributed by atoms with Crippen molar-refractivity contribution in [1.29, 1.82) is 0 Å². The predicted octanol–water partition coefficient (Wildman–Crippen LogP) is 7.47. The molecule has 0 atom stereocenters. The zero-order valence-corrected chi connectivity index (χ0v) is 20.7. The fraction of sp³-hybridized carbons (Fsp3) is 0.370. The van der Waals surface area contributed by atoms with Crippen molar-refractivity contribution in [1.82, 2.24) is 9.55 Å². The molecule has 0 aliphatic carbocycles. The number of benzene rings is 2. The lowest BCUT2D eigenvalue weighted by molar-refractivity contribution is 0.0929. The van der Waals surface area contributed by atoms with E-state index in [1.54, 1.807) is 0 Å². The topological polar surface area (TPSA) is 27.1 Å². The van der Waals surface area contributed by atoms with E-state index in [0.29, 0.717) is 6.73 Å². The van der Waals surface area contributed by atoms with Gasteiger partial charge >= 0.3 is 0 Å². The normalized spacial score (nSPS) is 12.7. The van der Waals surface area contributed by atoms with Crippen LogP contribution in [0.15, 0.2) is 60.9 Å². The van der Waals surface area contributed by atoms with Gasteiger partial charge in [0.2, 0.25) is 0 Å². The number of rotatable bonds is 6. The van der Waals surface area contributed by atoms with E-state index in [9.17, 15) is 0 Å². The average molecular weight is 431 g/mol. The van der Waals surface area contributed by atoms with Crippen LogP contribution in [0.1, 0.15) is 26.3 Å². The first-order chi connectivity index (χ1) is 14.6. The highest BCUT2D eigenvalue weighted by molar-refractivity contribution is 6.76. The molecule has 3 nitrogen and oxygen atoms in total. The fourth-order valence-corrected chi connectivity index (χ4v) is 4.79. The van der Waals surface area contributed by atoms with Crippen LogP contribution in [0.25, 0.3) is 32.9 Å². The molecule has 4 aromatic rings. The Bertz CT molecular complexity index is 1190. The van der Waals surface area contributed by atoms with Gasteiger partial charge < -0.3 is 9.30 Å². The van der Waals surface area contributed by atoms with Crippen LogP contribution < -0.4 is 0 Å². The molecule has 0 radical (unpaired) electrons. The molecule has 0 saturated heterocycles. The Balaban J connectivity index is 1.77. The van der Waals surface area contributed by atoms with Crippen molar-refractivity contribution in [3.8, 4) is 11.1 Å². The second-order valence-electron chi connectivity index (χ2n) is 10.7. The van der Waals surface area contributed by atoms with E-state index < -0.39 is 8.07 Å². The van der Waals surface area contributed by atoms with E-state index in [1.165, 1.54) is 39.0 Å². The van der Waals surface area contributed by atoms with Crippen LogP contribution in [0.2, 0.25) is 25.7 Å². The molecule has 0 aliphatic heterocycles. The van der Waals surface area contributed by atoms with Gasteiger partial charge in [0.15, 0.2) is 0 Å². The third-order valence-corrected chi connectivity index (χ3v) is 7.66. The van der Waals surface area contributed by atoms with Crippen LogP contribution in [0, 0.1) is 0 Å². The molecule has 0 saturated carbocycles. The zero-order valence-electron chi connectivity index (χ0n) is 19.7. The van der Waals surface area contributed by atoms with Crippen LogP contribution in [0.5, 0.6) is 0 Å². The summed E-state index contributed by atoms with van der Waals surface area (Å²) in [5, 5.41) is 2.51. The van der Waals surface area contributed by atoms with Crippen LogP contribution >= 0.6 is 0 Å². The van der Waals surface area contributed by atoms with E-state index >= 15 is 0 Å². The lowest BCUT2D eigenvalue weighted by Gasteiger charge is -2.19. The van der Waals surface area contributed by atoms with Crippen molar-refractivity contribution in [3.05, 3.63) is 66.5 Å². The number of aromatic nitrogens is 2.